The Balaban J connectivity index is 2.01. The average molecular weight is 324 g/mol. The highest BCUT2D eigenvalue weighted by Crippen LogP contribution is 2.37. The van der Waals surface area contributed by atoms with Crippen LogP contribution in [0.1, 0.15) is 24.4 Å². The Bertz CT molecular complexity index is 737. The van der Waals surface area contributed by atoms with E-state index in [2.05, 4.69) is 9.97 Å². The molecule has 0 saturated carbocycles. The van der Waals surface area contributed by atoms with E-state index in [9.17, 15) is 8.42 Å². The number of rotatable bonds is 3. The highest BCUT2D eigenvalue weighted by Gasteiger charge is 2.37. The molecule has 1 aliphatic heterocycles. The summed E-state index contributed by atoms with van der Waals surface area (Å²) in [7, 11) is -3.66. The van der Waals surface area contributed by atoms with Crippen LogP contribution >= 0.6 is 11.6 Å². The van der Waals surface area contributed by atoms with Crippen molar-refractivity contribution in [3.63, 3.8) is 0 Å². The molecule has 7 heteroatoms. The lowest BCUT2D eigenvalue weighted by Crippen LogP contribution is -2.31. The zero-order valence-electron chi connectivity index (χ0n) is 11.2. The molecule has 21 heavy (non-hydrogen) atoms. The van der Waals surface area contributed by atoms with Crippen LogP contribution in [-0.2, 0) is 10.0 Å². The van der Waals surface area contributed by atoms with E-state index in [-0.39, 0.29) is 16.0 Å². The molecule has 1 aliphatic rings. The number of hydrogen-bond acceptors (Lipinski definition) is 4. The first kappa shape index (κ1) is 14.4. The monoisotopic (exact) mass is 323 g/mol. The van der Waals surface area contributed by atoms with Crippen molar-refractivity contribution >= 4 is 21.6 Å². The number of halogens is 1. The van der Waals surface area contributed by atoms with Gasteiger partial charge in [0.1, 0.15) is 4.90 Å². The molecule has 0 aromatic carbocycles. The van der Waals surface area contributed by atoms with Crippen LogP contribution < -0.4 is 0 Å². The zero-order valence-corrected chi connectivity index (χ0v) is 12.8. The summed E-state index contributed by atoms with van der Waals surface area (Å²) < 4.78 is 27.1. The largest absolute Gasteiger partial charge is 0.264 e. The summed E-state index contributed by atoms with van der Waals surface area (Å²) in [5.74, 6) is 0. The van der Waals surface area contributed by atoms with Gasteiger partial charge in [-0.15, -0.1) is 0 Å². The maximum Gasteiger partial charge on any atom is 0.246 e. The lowest BCUT2D eigenvalue weighted by molar-refractivity contribution is 0.396. The Morgan fingerprint density at radius 2 is 2.00 bits per heavy atom. The molecule has 0 spiro atoms. The van der Waals surface area contributed by atoms with Gasteiger partial charge in [0.25, 0.3) is 0 Å². The van der Waals surface area contributed by atoms with Crippen LogP contribution in [-0.4, -0.2) is 29.2 Å². The molecular formula is C14H14ClN3O2S. The molecule has 1 atom stereocenters. The molecule has 0 radical (unpaired) electrons. The van der Waals surface area contributed by atoms with Crippen molar-refractivity contribution in [3.05, 3.63) is 53.6 Å². The Labute approximate surface area is 128 Å². The summed E-state index contributed by atoms with van der Waals surface area (Å²) in [6, 6.07) is 5.01. The highest BCUT2D eigenvalue weighted by molar-refractivity contribution is 7.89. The van der Waals surface area contributed by atoms with Gasteiger partial charge in [0.15, 0.2) is 0 Å². The quantitative estimate of drug-likeness (QED) is 0.871. The number of hydrogen-bond donors (Lipinski definition) is 0. The van der Waals surface area contributed by atoms with Gasteiger partial charge in [0, 0.05) is 31.3 Å². The minimum absolute atomic E-state index is 0.0578. The summed E-state index contributed by atoms with van der Waals surface area (Å²) in [4.78, 5) is 8.01. The molecule has 1 saturated heterocycles. The van der Waals surface area contributed by atoms with Gasteiger partial charge < -0.3 is 0 Å². The smallest absolute Gasteiger partial charge is 0.246 e. The number of nitrogens with zero attached hydrogens (tertiary/aromatic N) is 3. The zero-order chi connectivity index (χ0) is 14.9. The summed E-state index contributed by atoms with van der Waals surface area (Å²) in [6.07, 6.45) is 7.76. The molecule has 0 bridgehead atoms. The van der Waals surface area contributed by atoms with Crippen LogP contribution in [0.3, 0.4) is 0 Å². The van der Waals surface area contributed by atoms with Crippen molar-refractivity contribution < 1.29 is 8.42 Å². The van der Waals surface area contributed by atoms with E-state index in [4.69, 9.17) is 11.6 Å². The van der Waals surface area contributed by atoms with Gasteiger partial charge in [0.2, 0.25) is 10.0 Å². The van der Waals surface area contributed by atoms with Crippen molar-refractivity contribution in [2.45, 2.75) is 23.8 Å². The molecule has 2 aromatic rings. The minimum atomic E-state index is -3.66. The third-order valence-corrected chi connectivity index (χ3v) is 5.97. The van der Waals surface area contributed by atoms with Crippen molar-refractivity contribution in [3.8, 4) is 0 Å². The number of aromatic nitrogens is 2. The number of pyridine rings is 2. The molecule has 1 fully saturated rings. The fraction of sp³-hybridized carbons (Fsp3) is 0.286. The normalized spacial score (nSPS) is 19.8. The van der Waals surface area contributed by atoms with Crippen LogP contribution in [0, 0.1) is 0 Å². The molecule has 1 unspecified atom stereocenters. The predicted molar refractivity (Wildman–Crippen MR) is 79.4 cm³/mol. The molecule has 3 rings (SSSR count). The fourth-order valence-corrected chi connectivity index (χ4v) is 4.70. The summed E-state index contributed by atoms with van der Waals surface area (Å²) in [5, 5.41) is 0.196. The third kappa shape index (κ3) is 2.66. The maximum atomic E-state index is 12.8. The van der Waals surface area contributed by atoms with Crippen molar-refractivity contribution in [1.29, 1.82) is 0 Å². The van der Waals surface area contributed by atoms with E-state index in [1.54, 1.807) is 12.4 Å². The topological polar surface area (TPSA) is 63.2 Å². The minimum Gasteiger partial charge on any atom is -0.264 e. The van der Waals surface area contributed by atoms with E-state index < -0.39 is 10.0 Å². The maximum absolute atomic E-state index is 12.8. The molecule has 0 amide bonds. The van der Waals surface area contributed by atoms with Gasteiger partial charge in [-0.2, -0.15) is 4.31 Å². The van der Waals surface area contributed by atoms with Crippen LogP contribution in [0.5, 0.6) is 0 Å². The fourth-order valence-electron chi connectivity index (χ4n) is 2.61. The van der Waals surface area contributed by atoms with Gasteiger partial charge in [-0.25, -0.2) is 8.42 Å². The summed E-state index contributed by atoms with van der Waals surface area (Å²) in [6.45, 7) is 0.479. The van der Waals surface area contributed by atoms with E-state index in [0.717, 1.165) is 18.4 Å². The first-order valence-electron chi connectivity index (χ1n) is 6.62. The predicted octanol–water partition coefficient (Wildman–Crippen LogP) is 2.66. The van der Waals surface area contributed by atoms with E-state index in [1.165, 1.54) is 22.8 Å². The average Bonchev–Trinajstić information content (AvgIpc) is 2.99. The molecule has 2 aromatic heterocycles. The van der Waals surface area contributed by atoms with E-state index >= 15 is 0 Å². The first-order chi connectivity index (χ1) is 10.1. The Hall–Kier alpha value is -1.50. The van der Waals surface area contributed by atoms with Crippen LogP contribution in [0.15, 0.2) is 47.9 Å². The highest BCUT2D eigenvalue weighted by atomic mass is 35.5. The molecule has 0 N–H and O–H groups in total. The van der Waals surface area contributed by atoms with Crippen molar-refractivity contribution in [2.75, 3.05) is 6.54 Å². The second kappa shape index (κ2) is 5.71. The van der Waals surface area contributed by atoms with Gasteiger partial charge in [-0.3, -0.25) is 9.97 Å². The van der Waals surface area contributed by atoms with E-state index in [0.29, 0.717) is 6.54 Å². The lowest BCUT2D eigenvalue weighted by atomic mass is 10.1. The molecule has 5 nitrogen and oxygen atoms in total. The Morgan fingerprint density at radius 3 is 2.71 bits per heavy atom. The van der Waals surface area contributed by atoms with Crippen LogP contribution in [0.4, 0.5) is 0 Å². The molecule has 3 heterocycles. The Morgan fingerprint density at radius 1 is 1.19 bits per heavy atom. The number of sulfonamides is 1. The van der Waals surface area contributed by atoms with E-state index in [1.807, 2.05) is 12.1 Å². The second-order valence-electron chi connectivity index (χ2n) is 4.87. The lowest BCUT2D eigenvalue weighted by Gasteiger charge is -2.24. The van der Waals surface area contributed by atoms with Crippen molar-refractivity contribution in [2.24, 2.45) is 0 Å². The van der Waals surface area contributed by atoms with Gasteiger partial charge in [0.05, 0.1) is 11.1 Å². The van der Waals surface area contributed by atoms with Crippen LogP contribution in [0.2, 0.25) is 5.02 Å². The Kier molecular flexibility index (Phi) is 3.93. The second-order valence-corrected chi connectivity index (χ2v) is 7.13. The first-order valence-corrected chi connectivity index (χ1v) is 8.44. The third-order valence-electron chi connectivity index (χ3n) is 3.59. The molecular weight excluding hydrogens is 310 g/mol. The summed E-state index contributed by atoms with van der Waals surface area (Å²) in [5.41, 5.74) is 0.901. The molecule has 110 valence electrons. The van der Waals surface area contributed by atoms with Crippen molar-refractivity contribution in [1.82, 2.24) is 14.3 Å². The van der Waals surface area contributed by atoms with Gasteiger partial charge in [-0.05, 0) is 30.5 Å². The standard InChI is InChI=1S/C14H14ClN3O2S/c15-12-5-7-17-10-14(12)21(19,20)18-8-2-4-13(18)11-3-1-6-16-9-11/h1,3,5-7,9-10,13H,2,4,8H2. The summed E-state index contributed by atoms with van der Waals surface area (Å²) >= 11 is 6.02. The van der Waals surface area contributed by atoms with Crippen LogP contribution in [0.25, 0.3) is 0 Å². The SMILES string of the molecule is O=S(=O)(c1cnccc1Cl)N1CCCC1c1cccnc1. The van der Waals surface area contributed by atoms with Gasteiger partial charge >= 0.3 is 0 Å². The molecule has 0 aliphatic carbocycles. The van der Waals surface area contributed by atoms with Gasteiger partial charge in [-0.1, -0.05) is 17.7 Å².